The Morgan fingerprint density at radius 3 is 2.60 bits per heavy atom. The fourth-order valence-corrected chi connectivity index (χ4v) is 1.80. The van der Waals surface area contributed by atoms with Crippen LogP contribution in [0, 0.1) is 17.1 Å². The van der Waals surface area contributed by atoms with Crippen LogP contribution in [-0.4, -0.2) is 5.91 Å². The number of nitrogens with one attached hydrogen (secondary N) is 1. The van der Waals surface area contributed by atoms with Crippen molar-refractivity contribution in [2.75, 3.05) is 0 Å². The van der Waals surface area contributed by atoms with E-state index >= 15 is 0 Å². The summed E-state index contributed by atoms with van der Waals surface area (Å²) in [5.74, 6) is -0.457. The number of hydrogen-bond acceptors (Lipinski definition) is 2. The van der Waals surface area contributed by atoms with Gasteiger partial charge >= 0.3 is 0 Å². The third-order valence-corrected chi connectivity index (χ3v) is 2.82. The van der Waals surface area contributed by atoms with Crippen molar-refractivity contribution in [3.05, 3.63) is 71.0 Å². The molecule has 0 aliphatic rings. The van der Waals surface area contributed by atoms with Gasteiger partial charge in [0.1, 0.15) is 5.82 Å². The first-order valence-electron chi connectivity index (χ1n) is 6.17. The first kappa shape index (κ1) is 13.8. The highest BCUT2D eigenvalue weighted by atomic mass is 19.1. The summed E-state index contributed by atoms with van der Waals surface area (Å²) < 4.78 is 12.7. The van der Waals surface area contributed by atoms with E-state index in [1.54, 1.807) is 30.3 Å². The Labute approximate surface area is 116 Å². The predicted molar refractivity (Wildman–Crippen MR) is 73.1 cm³/mol. The molecule has 0 aliphatic carbocycles. The highest BCUT2D eigenvalue weighted by Crippen LogP contribution is 2.05. The summed E-state index contributed by atoms with van der Waals surface area (Å²) >= 11 is 0. The second-order valence-corrected chi connectivity index (χ2v) is 4.39. The summed E-state index contributed by atoms with van der Waals surface area (Å²) in [5.41, 5.74) is 2.20. The predicted octanol–water partition coefficient (Wildman–Crippen LogP) is 2.56. The molecule has 1 N–H and O–H groups in total. The summed E-state index contributed by atoms with van der Waals surface area (Å²) in [4.78, 5) is 11.8. The first-order valence-corrected chi connectivity index (χ1v) is 6.17. The fourth-order valence-electron chi connectivity index (χ4n) is 1.80. The van der Waals surface area contributed by atoms with Gasteiger partial charge in [-0.25, -0.2) is 4.39 Å². The monoisotopic (exact) mass is 268 g/mol. The molecule has 0 aliphatic heterocycles. The number of amides is 1. The zero-order valence-electron chi connectivity index (χ0n) is 10.8. The average molecular weight is 268 g/mol. The number of nitrogens with zero attached hydrogens (tertiary/aromatic N) is 1. The number of benzene rings is 2. The Kier molecular flexibility index (Phi) is 4.46. The van der Waals surface area contributed by atoms with E-state index in [2.05, 4.69) is 11.4 Å². The van der Waals surface area contributed by atoms with Crippen molar-refractivity contribution in [1.29, 1.82) is 5.26 Å². The molecule has 3 nitrogen and oxygen atoms in total. The highest BCUT2D eigenvalue weighted by Gasteiger charge is 2.04. The minimum atomic E-state index is -0.317. The number of carbonyl (C=O) groups is 1. The molecule has 0 spiro atoms. The van der Waals surface area contributed by atoms with E-state index in [4.69, 9.17) is 5.26 Å². The average Bonchev–Trinajstić information content (AvgIpc) is 2.48. The maximum atomic E-state index is 12.7. The molecule has 0 aromatic heterocycles. The minimum Gasteiger partial charge on any atom is -0.352 e. The van der Waals surface area contributed by atoms with Gasteiger partial charge < -0.3 is 5.32 Å². The lowest BCUT2D eigenvalue weighted by molar-refractivity contribution is -0.120. The van der Waals surface area contributed by atoms with E-state index in [9.17, 15) is 9.18 Å². The van der Waals surface area contributed by atoms with Gasteiger partial charge in [0.25, 0.3) is 0 Å². The second-order valence-electron chi connectivity index (χ2n) is 4.39. The molecule has 0 saturated carbocycles. The van der Waals surface area contributed by atoms with E-state index < -0.39 is 0 Å². The van der Waals surface area contributed by atoms with Crippen LogP contribution in [0.15, 0.2) is 48.5 Å². The lowest BCUT2D eigenvalue weighted by atomic mass is 10.1. The Balaban J connectivity index is 1.89. The topological polar surface area (TPSA) is 52.9 Å². The summed E-state index contributed by atoms with van der Waals surface area (Å²) in [5, 5.41) is 11.6. The van der Waals surface area contributed by atoms with Crippen molar-refractivity contribution in [3.63, 3.8) is 0 Å². The van der Waals surface area contributed by atoms with Crippen molar-refractivity contribution in [1.82, 2.24) is 5.32 Å². The van der Waals surface area contributed by atoms with Crippen LogP contribution in [0.1, 0.15) is 16.7 Å². The van der Waals surface area contributed by atoms with Gasteiger partial charge in [0, 0.05) is 6.54 Å². The zero-order valence-corrected chi connectivity index (χ0v) is 10.8. The first-order chi connectivity index (χ1) is 9.67. The van der Waals surface area contributed by atoms with Crippen LogP contribution in [0.25, 0.3) is 0 Å². The summed E-state index contributed by atoms with van der Waals surface area (Å²) in [6.45, 7) is 0.371. The third-order valence-electron chi connectivity index (χ3n) is 2.82. The molecule has 2 aromatic carbocycles. The molecule has 0 bridgehead atoms. The molecule has 2 aromatic rings. The summed E-state index contributed by atoms with van der Waals surface area (Å²) in [6.07, 6.45) is 0.207. The van der Waals surface area contributed by atoms with Gasteiger partial charge in [0.15, 0.2) is 0 Å². The van der Waals surface area contributed by atoms with Crippen molar-refractivity contribution in [2.45, 2.75) is 13.0 Å². The SMILES string of the molecule is N#Cc1cccc(CNC(=O)Cc2ccc(F)cc2)c1. The van der Waals surface area contributed by atoms with E-state index in [1.165, 1.54) is 12.1 Å². The molecular formula is C16H13FN2O. The summed E-state index contributed by atoms with van der Waals surface area (Å²) in [7, 11) is 0. The maximum Gasteiger partial charge on any atom is 0.224 e. The zero-order chi connectivity index (χ0) is 14.4. The number of nitriles is 1. The van der Waals surface area contributed by atoms with Gasteiger partial charge in [-0.3, -0.25) is 4.79 Å². The van der Waals surface area contributed by atoms with Gasteiger partial charge in [-0.1, -0.05) is 24.3 Å². The maximum absolute atomic E-state index is 12.7. The Morgan fingerprint density at radius 2 is 1.90 bits per heavy atom. The van der Waals surface area contributed by atoms with Crippen LogP contribution in [0.2, 0.25) is 0 Å². The van der Waals surface area contributed by atoms with Crippen molar-refractivity contribution >= 4 is 5.91 Å². The van der Waals surface area contributed by atoms with Gasteiger partial charge in [-0.15, -0.1) is 0 Å². The molecule has 0 unspecified atom stereocenters. The molecule has 0 heterocycles. The number of carbonyl (C=O) groups excluding carboxylic acids is 1. The fraction of sp³-hybridized carbons (Fsp3) is 0.125. The van der Waals surface area contributed by atoms with Crippen molar-refractivity contribution in [2.24, 2.45) is 0 Å². The molecule has 0 saturated heterocycles. The molecule has 1 amide bonds. The van der Waals surface area contributed by atoms with Crippen LogP contribution in [0.3, 0.4) is 0 Å². The van der Waals surface area contributed by atoms with Gasteiger partial charge in [0.05, 0.1) is 18.1 Å². The van der Waals surface area contributed by atoms with E-state index in [0.29, 0.717) is 12.1 Å². The van der Waals surface area contributed by atoms with E-state index in [0.717, 1.165) is 11.1 Å². The molecule has 20 heavy (non-hydrogen) atoms. The van der Waals surface area contributed by atoms with Crippen LogP contribution >= 0.6 is 0 Å². The Morgan fingerprint density at radius 1 is 1.15 bits per heavy atom. The lowest BCUT2D eigenvalue weighted by Crippen LogP contribution is -2.24. The van der Waals surface area contributed by atoms with Crippen LogP contribution in [0.5, 0.6) is 0 Å². The third kappa shape index (κ3) is 3.92. The molecule has 0 atom stereocenters. The standard InChI is InChI=1S/C16H13FN2O/c17-15-6-4-12(5-7-15)9-16(20)19-11-14-3-1-2-13(8-14)10-18/h1-8H,9,11H2,(H,19,20). The van der Waals surface area contributed by atoms with Crippen LogP contribution < -0.4 is 5.32 Å². The van der Waals surface area contributed by atoms with Gasteiger partial charge in [-0.2, -0.15) is 5.26 Å². The molecule has 0 radical (unpaired) electrons. The molecular weight excluding hydrogens is 255 g/mol. The normalized spacial score (nSPS) is 9.80. The van der Waals surface area contributed by atoms with E-state index in [-0.39, 0.29) is 18.1 Å². The highest BCUT2D eigenvalue weighted by molar-refractivity contribution is 5.78. The Hall–Kier alpha value is -2.67. The second kappa shape index (κ2) is 6.48. The number of hydrogen-bond donors (Lipinski definition) is 1. The molecule has 0 fully saturated rings. The van der Waals surface area contributed by atoms with Gasteiger partial charge in [0.2, 0.25) is 5.91 Å². The van der Waals surface area contributed by atoms with Crippen LogP contribution in [-0.2, 0) is 17.8 Å². The number of rotatable bonds is 4. The number of halogens is 1. The lowest BCUT2D eigenvalue weighted by Gasteiger charge is -2.06. The molecule has 100 valence electrons. The van der Waals surface area contributed by atoms with Gasteiger partial charge in [-0.05, 0) is 35.4 Å². The Bertz CT molecular complexity index is 644. The van der Waals surface area contributed by atoms with E-state index in [1.807, 2.05) is 6.07 Å². The summed E-state index contributed by atoms with van der Waals surface area (Å²) in [6, 6.07) is 15.0. The minimum absolute atomic E-state index is 0.140. The smallest absolute Gasteiger partial charge is 0.224 e. The van der Waals surface area contributed by atoms with Crippen molar-refractivity contribution in [3.8, 4) is 6.07 Å². The largest absolute Gasteiger partial charge is 0.352 e. The molecule has 4 heteroatoms. The quantitative estimate of drug-likeness (QED) is 0.926. The van der Waals surface area contributed by atoms with Crippen molar-refractivity contribution < 1.29 is 9.18 Å². The van der Waals surface area contributed by atoms with Crippen LogP contribution in [0.4, 0.5) is 4.39 Å². The molecule has 2 rings (SSSR count).